The first-order valence-electron chi connectivity index (χ1n) is 7.57. The van der Waals surface area contributed by atoms with Crippen LogP contribution in [0.5, 0.6) is 0 Å². The summed E-state index contributed by atoms with van der Waals surface area (Å²) in [5, 5.41) is 47.4. The minimum absolute atomic E-state index is 0. The van der Waals surface area contributed by atoms with E-state index >= 15 is 0 Å². The Hall–Kier alpha value is -0.610. The number of hydrogen-bond donors (Lipinski definition) is 7. The van der Waals surface area contributed by atoms with Gasteiger partial charge in [0.1, 0.15) is 0 Å². The van der Waals surface area contributed by atoms with Crippen LogP contribution in [0.1, 0.15) is 22.1 Å². The maximum atomic E-state index is 9.03. The third-order valence-corrected chi connectivity index (χ3v) is 2.90. The van der Waals surface area contributed by atoms with E-state index in [1.807, 2.05) is 0 Å². The predicted octanol–water partition coefficient (Wildman–Crippen LogP) is -8.35. The quantitative estimate of drug-likeness (QED) is 0.0424. The first-order valence-corrected chi connectivity index (χ1v) is 7.57. The molecule has 0 bridgehead atoms. The second kappa shape index (κ2) is 23.4. The minimum Gasteiger partial charge on any atom is -1.00 e. The van der Waals surface area contributed by atoms with Gasteiger partial charge in [-0.3, -0.25) is 0 Å². The van der Waals surface area contributed by atoms with E-state index in [-0.39, 0.29) is 62.0 Å². The third kappa shape index (κ3) is 19.9. The van der Waals surface area contributed by atoms with Crippen LogP contribution in [-0.2, 0) is 4.74 Å². The molecular formula is C11H34N9Na2O5+3. The van der Waals surface area contributed by atoms with Gasteiger partial charge in [0.15, 0.2) is 0 Å². The fourth-order valence-electron chi connectivity index (χ4n) is 1.43. The van der Waals surface area contributed by atoms with Gasteiger partial charge in [0.2, 0.25) is 0 Å². The first kappa shape index (κ1) is 33.9. The Morgan fingerprint density at radius 2 is 1.48 bits per heavy atom. The molecule has 0 unspecified atom stereocenters. The maximum Gasteiger partial charge on any atom is 1.00 e. The van der Waals surface area contributed by atoms with Crippen LogP contribution in [0.2, 0.25) is 0 Å². The van der Waals surface area contributed by atoms with Gasteiger partial charge < -0.3 is 29.5 Å². The smallest absolute Gasteiger partial charge is 1.00 e. The Bertz CT molecular complexity index is 420. The molecule has 0 saturated heterocycles. The molecule has 0 aromatic carbocycles. The van der Waals surface area contributed by atoms with Gasteiger partial charge >= 0.3 is 65.0 Å². The van der Waals surface area contributed by atoms with Gasteiger partial charge in [0.05, 0.1) is 40.2 Å². The van der Waals surface area contributed by atoms with Crippen LogP contribution in [0.3, 0.4) is 0 Å². The van der Waals surface area contributed by atoms with Crippen molar-refractivity contribution in [3.63, 3.8) is 0 Å². The number of rotatable bonds is 11. The zero-order valence-electron chi connectivity index (χ0n) is 18.8. The summed E-state index contributed by atoms with van der Waals surface area (Å²) < 4.78 is 4.69. The van der Waals surface area contributed by atoms with Crippen LogP contribution < -0.4 is 76.0 Å². The SMILES string of the molecule is COC(=[NH2+])CCN(C)/[N+](O)=N/O.NCCCN(CCCN)/[N+](O)=N/O.[H-].[H-].[Na+].[Na+]. The van der Waals surface area contributed by atoms with Crippen LogP contribution >= 0.6 is 0 Å². The normalized spacial score (nSPS) is 10.5. The van der Waals surface area contributed by atoms with Crippen molar-refractivity contribution in [2.45, 2.75) is 19.3 Å². The van der Waals surface area contributed by atoms with Gasteiger partial charge in [-0.15, -0.1) is 10.0 Å². The largest absolute Gasteiger partial charge is 1.00 e. The standard InChI is InChI=1S/C6H17N5O2.C5H12N4O3.2Na.2H/c7-3-1-5-10(6-2-4-8)11(13)9-12;1-8(9(11)7-10)4-3-5(6)12-2;;;;/h13H,1-8H2;6,11H,3-4H2,1-2H3;;;;/q;;2*+1;2*-1/p+3. The Kier molecular flexibility index (Phi) is 29.4. The average Bonchev–Trinajstić information content (AvgIpc) is 2.64. The molecule has 152 valence electrons. The summed E-state index contributed by atoms with van der Waals surface area (Å²) in [7, 11) is 2.99. The van der Waals surface area contributed by atoms with E-state index in [1.54, 1.807) is 0 Å². The molecule has 0 heterocycles. The molecule has 10 N–H and O–H groups in total. The van der Waals surface area contributed by atoms with E-state index < -0.39 is 0 Å². The molecule has 0 atom stereocenters. The Labute approximate surface area is 205 Å². The van der Waals surface area contributed by atoms with Gasteiger partial charge in [-0.05, 0) is 25.9 Å². The van der Waals surface area contributed by atoms with Crippen molar-refractivity contribution >= 4 is 5.90 Å². The summed E-state index contributed by atoms with van der Waals surface area (Å²) in [6, 6.07) is 0. The van der Waals surface area contributed by atoms with Crippen molar-refractivity contribution < 1.29 is 103 Å². The maximum absolute atomic E-state index is 9.03. The number of hydrogen-bond acceptors (Lipinski definition) is 5. The molecule has 27 heavy (non-hydrogen) atoms. The van der Waals surface area contributed by atoms with E-state index in [0.29, 0.717) is 55.0 Å². The number of ether oxygens (including phenoxy) is 1. The summed E-state index contributed by atoms with van der Waals surface area (Å²) >= 11 is 0. The molecular weight excluding hydrogens is 384 g/mol. The molecule has 0 radical (unpaired) electrons. The molecule has 0 aliphatic heterocycles. The zero-order chi connectivity index (χ0) is 19.7. The van der Waals surface area contributed by atoms with E-state index in [4.69, 9.17) is 37.7 Å². The molecule has 0 rings (SSSR count). The van der Waals surface area contributed by atoms with E-state index in [9.17, 15) is 0 Å². The van der Waals surface area contributed by atoms with Gasteiger partial charge in [0.25, 0.3) is 20.5 Å². The van der Waals surface area contributed by atoms with Crippen molar-refractivity contribution in [2.24, 2.45) is 22.0 Å². The molecule has 0 amide bonds. The number of nitrogens with zero attached hydrogens (tertiary/aromatic N) is 6. The van der Waals surface area contributed by atoms with Crippen LogP contribution in [0.4, 0.5) is 0 Å². The summed E-state index contributed by atoms with van der Waals surface area (Å²) in [6.07, 6.45) is 1.88. The monoisotopic (exact) mass is 418 g/mol. The molecule has 0 aliphatic rings. The molecule has 14 nitrogen and oxygen atoms in total. The molecule has 0 aliphatic carbocycles. The van der Waals surface area contributed by atoms with Gasteiger partial charge in [-0.1, -0.05) is 0 Å². The van der Waals surface area contributed by atoms with Gasteiger partial charge in [-0.25, -0.2) is 15.8 Å². The number of methoxy groups -OCH3 is 1. The summed E-state index contributed by atoms with van der Waals surface area (Å²) in [5.41, 5.74) is 10.6. The van der Waals surface area contributed by atoms with Gasteiger partial charge in [-0.2, -0.15) is 0 Å². The van der Waals surface area contributed by atoms with Crippen LogP contribution in [0, 0.1) is 0 Å². The molecule has 0 fully saturated rings. The minimum atomic E-state index is 0. The van der Waals surface area contributed by atoms with E-state index in [1.165, 1.54) is 24.2 Å². The van der Waals surface area contributed by atoms with E-state index in [2.05, 4.69) is 15.3 Å². The molecule has 0 aromatic heterocycles. The molecule has 0 aromatic rings. The van der Waals surface area contributed by atoms with Crippen molar-refractivity contribution in [1.29, 1.82) is 0 Å². The Morgan fingerprint density at radius 1 is 1.04 bits per heavy atom. The average molecular weight is 418 g/mol. The van der Waals surface area contributed by atoms with Crippen LogP contribution in [0.15, 0.2) is 10.6 Å². The van der Waals surface area contributed by atoms with E-state index in [0.717, 1.165) is 12.8 Å². The first-order chi connectivity index (χ1) is 11.9. The zero-order valence-corrected chi connectivity index (χ0v) is 20.8. The van der Waals surface area contributed by atoms with Crippen LogP contribution in [0.25, 0.3) is 0 Å². The Balaban J connectivity index is -0.0000000803. The van der Waals surface area contributed by atoms with Crippen molar-refractivity contribution in [2.75, 3.05) is 46.9 Å². The third-order valence-electron chi connectivity index (χ3n) is 2.90. The fourth-order valence-corrected chi connectivity index (χ4v) is 1.43. The Morgan fingerprint density at radius 3 is 1.81 bits per heavy atom. The topological polar surface area (TPSA) is 205 Å². The molecule has 0 saturated carbocycles. The predicted molar refractivity (Wildman–Crippen MR) is 84.9 cm³/mol. The summed E-state index contributed by atoms with van der Waals surface area (Å²) in [5.74, 6) is 0.355. The second-order valence-electron chi connectivity index (χ2n) is 4.76. The molecule has 16 heteroatoms. The number of nitrogens with two attached hydrogens (primary N) is 3. The number of hydrazine groups is 2. The molecule has 0 spiro atoms. The summed E-state index contributed by atoms with van der Waals surface area (Å²) in [4.78, 5) is 0.717. The van der Waals surface area contributed by atoms with Crippen molar-refractivity contribution in [3.8, 4) is 0 Å². The fraction of sp³-hybridized carbons (Fsp3) is 0.909. The van der Waals surface area contributed by atoms with Crippen LogP contribution in [-0.4, -0.2) is 93.6 Å². The van der Waals surface area contributed by atoms with Crippen molar-refractivity contribution in [3.05, 3.63) is 0 Å². The second-order valence-corrected chi connectivity index (χ2v) is 4.76. The van der Waals surface area contributed by atoms with Gasteiger partial charge in [0, 0.05) is 0 Å². The summed E-state index contributed by atoms with van der Waals surface area (Å²) in [6.45, 7) is 2.52. The van der Waals surface area contributed by atoms with Crippen molar-refractivity contribution in [1.82, 2.24) is 10.0 Å².